The fourth-order valence-electron chi connectivity index (χ4n) is 9.68. The molecule has 0 radical (unpaired) electrons. The van der Waals surface area contributed by atoms with E-state index in [4.69, 9.17) is 0 Å². The zero-order chi connectivity index (χ0) is 44.7. The lowest BCUT2D eigenvalue weighted by molar-refractivity contribution is 1.25. The Hall–Kier alpha value is -8.02. The smallest absolute Gasteiger partial charge is 0.0561 e. The monoisotopic (exact) mass is 892 g/mol. The summed E-state index contributed by atoms with van der Waals surface area (Å²) in [7, 11) is 0. The van der Waals surface area contributed by atoms with Crippen molar-refractivity contribution in [1.29, 1.82) is 0 Å². The summed E-state index contributed by atoms with van der Waals surface area (Å²) in [5, 5.41) is 5.15. The molecule has 0 unspecified atom stereocenters. The standard InChI is InChI=1S/C63H44N2S2/c1-43-38-46(55(45-20-7-2-8-21-45)39-44-34-37-60-56(40-44)53-30-17-18-32-59(53)66-60)41-57-62-54(31-19-33-61(62)67-63(43)57)52-36-35-51(64(47-22-9-3-10-23-47)48-24-11-4-12-25-48)42-58(52)65(49-26-13-5-14-27-49)50-28-15-6-16-29-50/h2-42H,1H3/b55-39+. The first-order valence-corrected chi connectivity index (χ1v) is 24.4. The molecule has 12 aromatic rings. The van der Waals surface area contributed by atoms with Crippen LogP contribution >= 0.6 is 22.7 Å². The number of para-hydroxylation sites is 4. The van der Waals surface area contributed by atoms with Gasteiger partial charge in [0.1, 0.15) is 0 Å². The van der Waals surface area contributed by atoms with Crippen LogP contribution in [0.2, 0.25) is 0 Å². The molecule has 10 aromatic carbocycles. The zero-order valence-corrected chi connectivity index (χ0v) is 38.5. The summed E-state index contributed by atoms with van der Waals surface area (Å²) in [5.74, 6) is 0. The van der Waals surface area contributed by atoms with Crippen LogP contribution in [0.5, 0.6) is 0 Å². The third-order valence-electron chi connectivity index (χ3n) is 12.7. The van der Waals surface area contributed by atoms with Crippen molar-refractivity contribution in [1.82, 2.24) is 0 Å². The second-order valence-corrected chi connectivity index (χ2v) is 19.1. The predicted octanol–water partition coefficient (Wildman–Crippen LogP) is 18.9. The largest absolute Gasteiger partial charge is 0.310 e. The Labute approximate surface area is 399 Å². The number of rotatable bonds is 10. The average molecular weight is 893 g/mol. The zero-order valence-electron chi connectivity index (χ0n) is 36.9. The minimum absolute atomic E-state index is 1.07. The molecule has 67 heavy (non-hydrogen) atoms. The van der Waals surface area contributed by atoms with Gasteiger partial charge in [-0.25, -0.2) is 0 Å². The number of aryl methyl sites for hydroxylation is 1. The molecule has 0 atom stereocenters. The van der Waals surface area contributed by atoms with Gasteiger partial charge in [0.15, 0.2) is 0 Å². The molecule has 0 bridgehead atoms. The number of anilines is 6. The molecule has 0 aliphatic rings. The Morgan fingerprint density at radius 3 is 1.60 bits per heavy atom. The van der Waals surface area contributed by atoms with Gasteiger partial charge in [-0.05, 0) is 143 Å². The second-order valence-electron chi connectivity index (χ2n) is 16.9. The molecule has 0 fully saturated rings. The summed E-state index contributed by atoms with van der Waals surface area (Å²) in [4.78, 5) is 4.77. The quantitative estimate of drug-likeness (QED) is 0.126. The lowest BCUT2D eigenvalue weighted by Crippen LogP contribution is -2.14. The van der Waals surface area contributed by atoms with Gasteiger partial charge in [-0.15, -0.1) is 22.7 Å². The van der Waals surface area contributed by atoms with Crippen LogP contribution < -0.4 is 9.80 Å². The van der Waals surface area contributed by atoms with E-state index in [2.05, 4.69) is 265 Å². The summed E-state index contributed by atoms with van der Waals surface area (Å²) in [6, 6.07) is 88.2. The van der Waals surface area contributed by atoms with E-state index >= 15 is 0 Å². The fraction of sp³-hybridized carbons (Fsp3) is 0.0159. The molecule has 0 saturated heterocycles. The summed E-state index contributed by atoms with van der Waals surface area (Å²) in [6.45, 7) is 2.28. The van der Waals surface area contributed by atoms with Gasteiger partial charge in [0.25, 0.3) is 0 Å². The van der Waals surface area contributed by atoms with Crippen LogP contribution in [-0.2, 0) is 0 Å². The lowest BCUT2D eigenvalue weighted by atomic mass is 9.91. The molecule has 4 heteroatoms. The van der Waals surface area contributed by atoms with E-state index in [1.165, 1.54) is 73.7 Å². The van der Waals surface area contributed by atoms with E-state index in [9.17, 15) is 0 Å². The van der Waals surface area contributed by atoms with Crippen LogP contribution in [0.3, 0.4) is 0 Å². The highest BCUT2D eigenvalue weighted by atomic mass is 32.1. The van der Waals surface area contributed by atoms with Crippen molar-refractivity contribution >= 4 is 109 Å². The first kappa shape index (κ1) is 40.5. The maximum Gasteiger partial charge on any atom is 0.0561 e. The number of fused-ring (bicyclic) bond motifs is 6. The average Bonchev–Trinajstić information content (AvgIpc) is 3.96. The van der Waals surface area contributed by atoms with Crippen LogP contribution in [-0.4, -0.2) is 0 Å². The van der Waals surface area contributed by atoms with Gasteiger partial charge in [-0.3, -0.25) is 0 Å². The van der Waals surface area contributed by atoms with Gasteiger partial charge in [0, 0.05) is 74.3 Å². The highest BCUT2D eigenvalue weighted by Crippen LogP contribution is 2.49. The highest BCUT2D eigenvalue weighted by Gasteiger charge is 2.24. The molecule has 0 spiro atoms. The summed E-state index contributed by atoms with van der Waals surface area (Å²) in [5.41, 5.74) is 14.9. The number of hydrogen-bond acceptors (Lipinski definition) is 4. The van der Waals surface area contributed by atoms with Crippen molar-refractivity contribution in [2.24, 2.45) is 0 Å². The molecule has 2 aromatic heterocycles. The van der Waals surface area contributed by atoms with Gasteiger partial charge in [0.05, 0.1) is 5.69 Å². The third-order valence-corrected chi connectivity index (χ3v) is 15.2. The Bertz CT molecular complexity index is 3670. The molecule has 0 aliphatic carbocycles. The van der Waals surface area contributed by atoms with E-state index < -0.39 is 0 Å². The molecule has 0 saturated carbocycles. The summed E-state index contributed by atoms with van der Waals surface area (Å²) in [6.07, 6.45) is 2.39. The maximum absolute atomic E-state index is 2.45. The number of nitrogens with zero attached hydrogens (tertiary/aromatic N) is 2. The van der Waals surface area contributed by atoms with Crippen molar-refractivity contribution in [3.8, 4) is 11.1 Å². The molecule has 0 aliphatic heterocycles. The van der Waals surface area contributed by atoms with Gasteiger partial charge >= 0.3 is 0 Å². The lowest BCUT2D eigenvalue weighted by Gasteiger charge is -2.31. The predicted molar refractivity (Wildman–Crippen MR) is 292 cm³/mol. The van der Waals surface area contributed by atoms with Gasteiger partial charge < -0.3 is 9.80 Å². The van der Waals surface area contributed by atoms with Gasteiger partial charge in [-0.2, -0.15) is 0 Å². The summed E-state index contributed by atoms with van der Waals surface area (Å²) < 4.78 is 5.21. The van der Waals surface area contributed by atoms with Gasteiger partial charge in [0.2, 0.25) is 0 Å². The van der Waals surface area contributed by atoms with E-state index in [0.29, 0.717) is 0 Å². The fourth-order valence-corrected chi connectivity index (χ4v) is 12.0. The van der Waals surface area contributed by atoms with Crippen molar-refractivity contribution in [2.45, 2.75) is 6.92 Å². The van der Waals surface area contributed by atoms with Crippen LogP contribution in [0.1, 0.15) is 22.3 Å². The SMILES string of the molecule is Cc1cc(/C(=C/c2ccc3sc4ccccc4c3c2)c2ccccc2)cc2c1sc1cccc(-c3ccc(N(c4ccccc4)c4ccccc4)cc3N(c3ccccc3)c3ccccc3)c12. The molecule has 318 valence electrons. The van der Waals surface area contributed by atoms with Crippen molar-refractivity contribution in [3.05, 3.63) is 265 Å². The summed E-state index contributed by atoms with van der Waals surface area (Å²) >= 11 is 3.75. The second kappa shape index (κ2) is 17.4. The Balaban J connectivity index is 1.10. The molecule has 2 heterocycles. The Morgan fingerprint density at radius 2 is 0.940 bits per heavy atom. The van der Waals surface area contributed by atoms with Crippen LogP contribution in [0.25, 0.3) is 63.1 Å². The van der Waals surface area contributed by atoms with Crippen molar-refractivity contribution < 1.29 is 0 Å². The Kier molecular flexibility index (Phi) is 10.5. The van der Waals surface area contributed by atoms with E-state index in [0.717, 1.165) is 39.7 Å². The number of thiophene rings is 2. The van der Waals surface area contributed by atoms with E-state index in [1.807, 2.05) is 22.7 Å². The molecule has 0 amide bonds. The minimum Gasteiger partial charge on any atom is -0.310 e. The third kappa shape index (κ3) is 7.56. The van der Waals surface area contributed by atoms with Crippen LogP contribution in [0.4, 0.5) is 34.1 Å². The Morgan fingerprint density at radius 1 is 0.373 bits per heavy atom. The van der Waals surface area contributed by atoms with Crippen molar-refractivity contribution in [3.63, 3.8) is 0 Å². The van der Waals surface area contributed by atoms with Gasteiger partial charge in [-0.1, -0.05) is 146 Å². The highest BCUT2D eigenvalue weighted by molar-refractivity contribution is 7.26. The molecular formula is C63H44N2S2. The maximum atomic E-state index is 2.45. The molecule has 12 rings (SSSR count). The molecular weight excluding hydrogens is 849 g/mol. The first-order chi connectivity index (χ1) is 33.1. The van der Waals surface area contributed by atoms with Crippen LogP contribution in [0.15, 0.2) is 243 Å². The van der Waals surface area contributed by atoms with E-state index in [-0.39, 0.29) is 0 Å². The van der Waals surface area contributed by atoms with Crippen molar-refractivity contribution in [2.75, 3.05) is 9.80 Å². The number of hydrogen-bond donors (Lipinski definition) is 0. The molecule has 0 N–H and O–H groups in total. The topological polar surface area (TPSA) is 6.48 Å². The normalized spacial score (nSPS) is 11.7. The van der Waals surface area contributed by atoms with E-state index in [1.54, 1.807) is 0 Å². The van der Waals surface area contributed by atoms with Crippen LogP contribution in [0, 0.1) is 6.92 Å². The minimum atomic E-state index is 1.07. The first-order valence-electron chi connectivity index (χ1n) is 22.7. The number of benzene rings is 10. The molecule has 2 nitrogen and oxygen atoms in total.